The molecular formula is C22H26N4OS. The van der Waals surface area contributed by atoms with E-state index in [0.29, 0.717) is 17.7 Å². The van der Waals surface area contributed by atoms with Crippen molar-refractivity contribution in [2.24, 2.45) is 0 Å². The van der Waals surface area contributed by atoms with Crippen LogP contribution in [0.25, 0.3) is 5.69 Å². The van der Waals surface area contributed by atoms with Crippen molar-refractivity contribution in [2.75, 3.05) is 5.75 Å². The molecule has 0 N–H and O–H groups in total. The average molecular weight is 395 g/mol. The summed E-state index contributed by atoms with van der Waals surface area (Å²) < 4.78 is 4.26. The topological polar surface area (TPSA) is 52.7 Å². The summed E-state index contributed by atoms with van der Waals surface area (Å²) >= 11 is 1.48. The fraction of sp³-hybridized carbons (Fsp3) is 0.409. The van der Waals surface area contributed by atoms with E-state index in [1.54, 1.807) is 6.33 Å². The monoisotopic (exact) mass is 394 g/mol. The molecule has 3 aromatic rings. The van der Waals surface area contributed by atoms with Gasteiger partial charge >= 0.3 is 0 Å². The number of hydrogen-bond donors (Lipinski definition) is 0. The van der Waals surface area contributed by atoms with Crippen LogP contribution < -0.4 is 0 Å². The van der Waals surface area contributed by atoms with Crippen molar-refractivity contribution in [3.63, 3.8) is 0 Å². The molecule has 0 unspecified atom stereocenters. The lowest BCUT2D eigenvalue weighted by atomic mass is 10.0. The highest BCUT2D eigenvalue weighted by Crippen LogP contribution is 2.37. The SMILES string of the molecule is Cc1cc(C(=O)CSc2nncn2C2CC2)c(C)n1-c1ccc(C(C)C)cc1. The fourth-order valence-electron chi connectivity index (χ4n) is 3.60. The second-order valence-corrected chi connectivity index (χ2v) is 8.77. The van der Waals surface area contributed by atoms with E-state index in [0.717, 1.165) is 27.8 Å². The van der Waals surface area contributed by atoms with Crippen LogP contribution in [0.5, 0.6) is 0 Å². The number of hydrogen-bond acceptors (Lipinski definition) is 4. The van der Waals surface area contributed by atoms with Crippen molar-refractivity contribution in [1.29, 1.82) is 0 Å². The predicted octanol–water partition coefficient (Wildman–Crippen LogP) is 5.12. The van der Waals surface area contributed by atoms with Crippen molar-refractivity contribution < 1.29 is 4.79 Å². The first-order chi connectivity index (χ1) is 13.5. The molecule has 146 valence electrons. The zero-order valence-corrected chi connectivity index (χ0v) is 17.7. The van der Waals surface area contributed by atoms with E-state index in [2.05, 4.69) is 64.4 Å². The third-order valence-electron chi connectivity index (χ3n) is 5.36. The lowest BCUT2D eigenvalue weighted by Crippen LogP contribution is -2.07. The Morgan fingerprint density at radius 2 is 1.93 bits per heavy atom. The fourth-order valence-corrected chi connectivity index (χ4v) is 4.46. The summed E-state index contributed by atoms with van der Waals surface area (Å²) in [6.45, 7) is 8.46. The molecule has 1 aromatic carbocycles. The van der Waals surface area contributed by atoms with Crippen molar-refractivity contribution >= 4 is 17.5 Å². The second-order valence-electron chi connectivity index (χ2n) is 7.83. The summed E-state index contributed by atoms with van der Waals surface area (Å²) in [7, 11) is 0. The van der Waals surface area contributed by atoms with E-state index < -0.39 is 0 Å². The first-order valence-corrected chi connectivity index (χ1v) is 10.8. The standard InChI is InChI=1S/C22H26N4OS/c1-14(2)17-5-7-19(8-6-17)26-15(3)11-20(16(26)4)21(27)12-28-22-24-23-13-25(22)18-9-10-18/h5-8,11,13-14,18H,9-10,12H2,1-4H3. The molecule has 0 saturated heterocycles. The maximum absolute atomic E-state index is 12.9. The van der Waals surface area contributed by atoms with Crippen LogP contribution in [0.1, 0.15) is 66.0 Å². The van der Waals surface area contributed by atoms with Crippen LogP contribution in [0, 0.1) is 13.8 Å². The van der Waals surface area contributed by atoms with E-state index in [4.69, 9.17) is 0 Å². The van der Waals surface area contributed by atoms with Crippen molar-refractivity contribution in [2.45, 2.75) is 57.7 Å². The Labute approximate surface area is 170 Å². The Kier molecular flexibility index (Phi) is 5.15. The van der Waals surface area contributed by atoms with Crippen molar-refractivity contribution in [1.82, 2.24) is 19.3 Å². The summed E-state index contributed by atoms with van der Waals surface area (Å²) in [5, 5.41) is 9.02. The number of rotatable bonds is 7. The van der Waals surface area contributed by atoms with E-state index in [1.807, 2.05) is 13.0 Å². The molecule has 2 aromatic heterocycles. The number of Topliss-reactive ketones (excluding diaryl/α,β-unsaturated/α-hetero) is 1. The van der Waals surface area contributed by atoms with Gasteiger partial charge in [-0.1, -0.05) is 37.7 Å². The minimum Gasteiger partial charge on any atom is -0.318 e. The summed E-state index contributed by atoms with van der Waals surface area (Å²) in [6.07, 6.45) is 4.13. The third-order valence-corrected chi connectivity index (χ3v) is 6.32. The van der Waals surface area contributed by atoms with E-state index in [9.17, 15) is 4.79 Å². The molecule has 6 heteroatoms. The smallest absolute Gasteiger partial charge is 0.191 e. The van der Waals surface area contributed by atoms with Gasteiger partial charge in [0.1, 0.15) is 6.33 Å². The number of carbonyl (C=O) groups excluding carboxylic acids is 1. The third kappa shape index (κ3) is 3.65. The maximum atomic E-state index is 12.9. The Balaban J connectivity index is 1.52. The molecule has 1 aliphatic carbocycles. The number of ketones is 1. The minimum atomic E-state index is 0.133. The maximum Gasteiger partial charge on any atom is 0.191 e. The first-order valence-electron chi connectivity index (χ1n) is 9.80. The van der Waals surface area contributed by atoms with Gasteiger partial charge in [0.15, 0.2) is 10.9 Å². The zero-order chi connectivity index (χ0) is 19.8. The minimum absolute atomic E-state index is 0.133. The molecule has 0 bridgehead atoms. The number of aromatic nitrogens is 4. The van der Waals surface area contributed by atoms with Gasteiger partial charge in [0.05, 0.1) is 5.75 Å². The van der Waals surface area contributed by atoms with Gasteiger partial charge in [0, 0.05) is 28.7 Å². The molecule has 28 heavy (non-hydrogen) atoms. The molecule has 1 saturated carbocycles. The van der Waals surface area contributed by atoms with Crippen LogP contribution >= 0.6 is 11.8 Å². The van der Waals surface area contributed by atoms with Gasteiger partial charge < -0.3 is 9.13 Å². The van der Waals surface area contributed by atoms with Crippen LogP contribution in [0.3, 0.4) is 0 Å². The van der Waals surface area contributed by atoms with Crippen LogP contribution in [0.2, 0.25) is 0 Å². The van der Waals surface area contributed by atoms with Crippen molar-refractivity contribution in [3.05, 3.63) is 59.2 Å². The second kappa shape index (κ2) is 7.59. The highest BCUT2D eigenvalue weighted by atomic mass is 32.2. The number of benzene rings is 1. The Morgan fingerprint density at radius 3 is 2.57 bits per heavy atom. The van der Waals surface area contributed by atoms with Crippen LogP contribution in [-0.2, 0) is 0 Å². The largest absolute Gasteiger partial charge is 0.318 e. The van der Waals surface area contributed by atoms with Gasteiger partial charge in [0.25, 0.3) is 0 Å². The number of aryl methyl sites for hydroxylation is 1. The lowest BCUT2D eigenvalue weighted by molar-refractivity contribution is 0.102. The summed E-state index contributed by atoms with van der Waals surface area (Å²) in [5.41, 5.74) is 5.27. The molecule has 4 rings (SSSR count). The number of thioether (sulfide) groups is 1. The highest BCUT2D eigenvalue weighted by molar-refractivity contribution is 7.99. The normalized spacial score (nSPS) is 14.0. The predicted molar refractivity (Wildman–Crippen MR) is 113 cm³/mol. The molecule has 0 spiro atoms. The Bertz CT molecular complexity index is 996. The average Bonchev–Trinajstić information content (AvgIpc) is 3.34. The number of nitrogens with zero attached hydrogens (tertiary/aromatic N) is 4. The summed E-state index contributed by atoms with van der Waals surface area (Å²) in [5.74, 6) is 1.02. The van der Waals surface area contributed by atoms with Gasteiger partial charge in [-0.25, -0.2) is 0 Å². The van der Waals surface area contributed by atoms with Crippen molar-refractivity contribution in [3.8, 4) is 5.69 Å². The molecule has 0 radical (unpaired) electrons. The molecule has 0 atom stereocenters. The molecule has 2 heterocycles. The lowest BCUT2D eigenvalue weighted by Gasteiger charge is -2.12. The van der Waals surface area contributed by atoms with E-state index in [-0.39, 0.29) is 5.78 Å². The molecule has 0 aliphatic heterocycles. The van der Waals surface area contributed by atoms with Gasteiger partial charge in [0.2, 0.25) is 0 Å². The Hall–Kier alpha value is -2.34. The van der Waals surface area contributed by atoms with Crippen LogP contribution in [0.15, 0.2) is 41.8 Å². The molecular weight excluding hydrogens is 368 g/mol. The zero-order valence-electron chi connectivity index (χ0n) is 16.8. The molecule has 5 nitrogen and oxygen atoms in total. The first kappa shape index (κ1) is 19.0. The van der Waals surface area contributed by atoms with Gasteiger partial charge in [-0.3, -0.25) is 4.79 Å². The quantitative estimate of drug-likeness (QED) is 0.412. The Morgan fingerprint density at radius 1 is 1.21 bits per heavy atom. The van der Waals surface area contributed by atoms with E-state index >= 15 is 0 Å². The van der Waals surface area contributed by atoms with Gasteiger partial charge in [-0.05, 0) is 56.4 Å². The highest BCUT2D eigenvalue weighted by Gasteiger charge is 2.27. The van der Waals surface area contributed by atoms with Gasteiger partial charge in [-0.15, -0.1) is 10.2 Å². The summed E-state index contributed by atoms with van der Waals surface area (Å²) in [6, 6.07) is 11.1. The molecule has 0 amide bonds. The molecule has 1 fully saturated rings. The molecule has 1 aliphatic rings. The van der Waals surface area contributed by atoms with Crippen LogP contribution in [-0.4, -0.2) is 30.9 Å². The summed E-state index contributed by atoms with van der Waals surface area (Å²) in [4.78, 5) is 12.9. The van der Waals surface area contributed by atoms with Gasteiger partial charge in [-0.2, -0.15) is 0 Å². The van der Waals surface area contributed by atoms with E-state index in [1.165, 1.54) is 30.2 Å². The number of carbonyl (C=O) groups is 1. The van der Waals surface area contributed by atoms with Crippen LogP contribution in [0.4, 0.5) is 0 Å².